The number of nitrogens with zero attached hydrogens (tertiary/aromatic N) is 10. The van der Waals surface area contributed by atoms with Gasteiger partial charge in [0.05, 0.1) is 47.8 Å². The Morgan fingerprint density at radius 1 is 0.603 bits per heavy atom. The first-order chi connectivity index (χ1) is 32.6. The van der Waals surface area contributed by atoms with Gasteiger partial charge in [-0.2, -0.15) is 0 Å². The number of hydrogen-bond acceptors (Lipinski definition) is 14. The third kappa shape index (κ3) is 12.6. The van der Waals surface area contributed by atoms with Crippen molar-refractivity contribution in [3.05, 3.63) is 47.0 Å². The van der Waals surface area contributed by atoms with Gasteiger partial charge in [0.15, 0.2) is 0 Å². The van der Waals surface area contributed by atoms with E-state index >= 15 is 0 Å². The minimum atomic E-state index is -0.722. The molecule has 368 valence electrons. The van der Waals surface area contributed by atoms with Crippen molar-refractivity contribution in [2.75, 3.05) is 40.4 Å². The van der Waals surface area contributed by atoms with Gasteiger partial charge in [0, 0.05) is 41.3 Å². The standard InChI is InChI=1S/2C24H33N5O5/c2*1-15-21(33-13-17-7-8-18(11-17)23(30)31)10-9-19(25-15)22-20(29(3)27-26-22)14-34-24(32)28(2)12-16-5-4-6-16/h2*9-10,16-18H,4-8,11-14H2,1-3H3,(H,30,31)/t2*17-,18+/m10/s1. The Hall–Kier alpha value is -6.34. The molecule has 4 heterocycles. The lowest BCUT2D eigenvalue weighted by Gasteiger charge is -2.29. The van der Waals surface area contributed by atoms with E-state index in [9.17, 15) is 29.4 Å². The fourth-order valence-corrected chi connectivity index (χ4v) is 9.21. The van der Waals surface area contributed by atoms with Crippen LogP contribution in [0.15, 0.2) is 24.3 Å². The predicted octanol–water partition coefficient (Wildman–Crippen LogP) is 6.87. The Balaban J connectivity index is 0.000000201. The van der Waals surface area contributed by atoms with E-state index in [1.165, 1.54) is 38.5 Å². The molecule has 20 heteroatoms. The molecular formula is C48H66N10O10. The van der Waals surface area contributed by atoms with Crippen molar-refractivity contribution in [1.82, 2.24) is 49.8 Å². The molecule has 68 heavy (non-hydrogen) atoms. The Morgan fingerprint density at radius 3 is 1.32 bits per heavy atom. The molecule has 0 aliphatic heterocycles. The number of carboxylic acids is 2. The second-order valence-corrected chi connectivity index (χ2v) is 19.1. The largest absolute Gasteiger partial charge is 0.491 e. The number of aliphatic carboxylic acids is 2. The maximum Gasteiger partial charge on any atom is 0.409 e. The SMILES string of the molecule is Cc1nc(-c2nnn(C)c2COC(=O)N(C)CC2CCC2)ccc1OC[C@@H]1CC[C@H](C(=O)O)C1.Cc1nc(-c2nnn(C)c2COC(=O)N(C)CC2CCC2)ccc1OC[C@H]1CC[C@@H](C(=O)O)C1. The van der Waals surface area contributed by atoms with Crippen molar-refractivity contribution in [2.45, 2.75) is 104 Å². The van der Waals surface area contributed by atoms with Crippen LogP contribution in [-0.4, -0.2) is 124 Å². The topological polar surface area (TPSA) is 239 Å². The van der Waals surface area contributed by atoms with Gasteiger partial charge in [-0.3, -0.25) is 9.59 Å². The molecule has 4 saturated carbocycles. The summed E-state index contributed by atoms with van der Waals surface area (Å²) in [4.78, 5) is 59.7. The lowest BCUT2D eigenvalue weighted by Crippen LogP contribution is -2.34. The number of hydrogen-bond donors (Lipinski definition) is 2. The average Bonchev–Trinajstić information content (AvgIpc) is 4.11. The lowest BCUT2D eigenvalue weighted by molar-refractivity contribution is -0.142. The number of amides is 2. The monoisotopic (exact) mass is 942 g/mol. The van der Waals surface area contributed by atoms with Crippen LogP contribution in [0, 0.1) is 49.4 Å². The van der Waals surface area contributed by atoms with Gasteiger partial charge >= 0.3 is 24.1 Å². The van der Waals surface area contributed by atoms with Crippen molar-refractivity contribution in [3.8, 4) is 34.3 Å². The van der Waals surface area contributed by atoms with Gasteiger partial charge < -0.3 is 39.0 Å². The molecule has 4 aromatic rings. The number of aromatic nitrogens is 8. The van der Waals surface area contributed by atoms with E-state index in [1.807, 2.05) is 38.1 Å². The Bertz CT molecular complexity index is 2230. The molecule has 0 unspecified atom stereocenters. The number of rotatable bonds is 18. The van der Waals surface area contributed by atoms with E-state index in [2.05, 4.69) is 30.6 Å². The number of pyridine rings is 2. The molecule has 0 aromatic carbocycles. The highest BCUT2D eigenvalue weighted by molar-refractivity contribution is 5.71. The second kappa shape index (κ2) is 22.6. The zero-order valence-electron chi connectivity index (χ0n) is 40.1. The summed E-state index contributed by atoms with van der Waals surface area (Å²) in [5, 5.41) is 35.0. The molecule has 4 atom stereocenters. The highest BCUT2D eigenvalue weighted by Gasteiger charge is 2.32. The number of carbonyl (C=O) groups excluding carboxylic acids is 2. The van der Waals surface area contributed by atoms with Gasteiger partial charge in [-0.1, -0.05) is 23.3 Å². The summed E-state index contributed by atoms with van der Waals surface area (Å²) in [6, 6.07) is 7.32. The molecule has 0 spiro atoms. The maximum absolute atomic E-state index is 12.4. The average molecular weight is 943 g/mol. The van der Waals surface area contributed by atoms with Crippen LogP contribution in [0.4, 0.5) is 9.59 Å². The molecule has 4 aromatic heterocycles. The molecule has 0 saturated heterocycles. The molecule has 2 amide bonds. The van der Waals surface area contributed by atoms with E-state index in [0.717, 1.165) is 25.9 Å². The number of carboxylic acid groups (broad SMARTS) is 2. The van der Waals surface area contributed by atoms with Crippen LogP contribution in [0.3, 0.4) is 0 Å². The quantitative estimate of drug-likeness (QED) is 0.103. The van der Waals surface area contributed by atoms with Crippen molar-refractivity contribution in [2.24, 2.45) is 49.6 Å². The van der Waals surface area contributed by atoms with E-state index in [0.29, 0.717) is 108 Å². The summed E-state index contributed by atoms with van der Waals surface area (Å²) in [6.45, 7) is 6.22. The first-order valence-electron chi connectivity index (χ1n) is 23.8. The van der Waals surface area contributed by atoms with Gasteiger partial charge in [0.1, 0.15) is 47.5 Å². The molecule has 4 aliphatic rings. The fourth-order valence-electron chi connectivity index (χ4n) is 9.21. The summed E-state index contributed by atoms with van der Waals surface area (Å²) in [5.41, 5.74) is 5.11. The maximum atomic E-state index is 12.4. The van der Waals surface area contributed by atoms with Crippen LogP contribution in [0.2, 0.25) is 0 Å². The number of aryl methyl sites for hydroxylation is 4. The third-order valence-corrected chi connectivity index (χ3v) is 14.0. The first kappa shape index (κ1) is 49.6. The van der Waals surface area contributed by atoms with Crippen LogP contribution in [-0.2, 0) is 46.4 Å². The van der Waals surface area contributed by atoms with Crippen molar-refractivity contribution < 1.29 is 48.3 Å². The summed E-state index contributed by atoms with van der Waals surface area (Å²) < 4.78 is 26.1. The number of carbonyl (C=O) groups is 4. The molecule has 0 bridgehead atoms. The third-order valence-electron chi connectivity index (χ3n) is 14.0. The van der Waals surface area contributed by atoms with E-state index in [4.69, 9.17) is 18.9 Å². The molecule has 20 nitrogen and oxygen atoms in total. The molecule has 0 radical (unpaired) electrons. The van der Waals surface area contributed by atoms with Gasteiger partial charge in [-0.05, 0) is 126 Å². The predicted molar refractivity (Wildman–Crippen MR) is 246 cm³/mol. The summed E-state index contributed by atoms with van der Waals surface area (Å²) in [5.74, 6) is 0.982. The van der Waals surface area contributed by atoms with E-state index in [1.54, 1.807) is 47.4 Å². The van der Waals surface area contributed by atoms with E-state index in [-0.39, 0.29) is 49.1 Å². The van der Waals surface area contributed by atoms with Crippen molar-refractivity contribution in [1.29, 1.82) is 0 Å². The summed E-state index contributed by atoms with van der Waals surface area (Å²) in [7, 11) is 7.04. The second-order valence-electron chi connectivity index (χ2n) is 19.1. The van der Waals surface area contributed by atoms with Crippen molar-refractivity contribution >= 4 is 24.1 Å². The first-order valence-corrected chi connectivity index (χ1v) is 23.8. The minimum Gasteiger partial charge on any atom is -0.491 e. The van der Waals surface area contributed by atoms with Crippen LogP contribution >= 0.6 is 0 Å². The van der Waals surface area contributed by atoms with Crippen LogP contribution in [0.5, 0.6) is 11.5 Å². The fraction of sp³-hybridized carbons (Fsp3) is 0.625. The highest BCUT2D eigenvalue weighted by atomic mass is 16.6. The van der Waals surface area contributed by atoms with Gasteiger partial charge in [-0.15, -0.1) is 10.2 Å². The van der Waals surface area contributed by atoms with Crippen LogP contribution < -0.4 is 9.47 Å². The van der Waals surface area contributed by atoms with Gasteiger partial charge in [-0.25, -0.2) is 28.9 Å². The molecule has 4 aliphatic carbocycles. The Kier molecular flexibility index (Phi) is 16.5. The molecule has 8 rings (SSSR count). The highest BCUT2D eigenvalue weighted by Crippen LogP contribution is 2.34. The smallest absolute Gasteiger partial charge is 0.409 e. The van der Waals surface area contributed by atoms with Crippen LogP contribution in [0.25, 0.3) is 22.8 Å². The van der Waals surface area contributed by atoms with Crippen molar-refractivity contribution in [3.63, 3.8) is 0 Å². The summed E-state index contributed by atoms with van der Waals surface area (Å²) >= 11 is 0. The Labute approximate surface area is 396 Å². The Morgan fingerprint density at radius 2 is 1.00 bits per heavy atom. The molecule has 4 fully saturated rings. The lowest BCUT2D eigenvalue weighted by atomic mass is 9.85. The normalized spacial score (nSPS) is 20.1. The van der Waals surface area contributed by atoms with Gasteiger partial charge in [0.25, 0.3) is 0 Å². The number of ether oxygens (including phenoxy) is 4. The minimum absolute atomic E-state index is 0.0536. The van der Waals surface area contributed by atoms with Crippen LogP contribution in [0.1, 0.15) is 99.8 Å². The molecule has 2 N–H and O–H groups in total. The van der Waals surface area contributed by atoms with Gasteiger partial charge in [0.2, 0.25) is 0 Å². The summed E-state index contributed by atoms with van der Waals surface area (Å²) in [6.07, 6.45) is 10.9. The molecular weight excluding hydrogens is 877 g/mol. The van der Waals surface area contributed by atoms with E-state index < -0.39 is 11.9 Å². The zero-order chi connectivity index (χ0) is 48.5. The zero-order valence-corrected chi connectivity index (χ0v) is 40.1.